The summed E-state index contributed by atoms with van der Waals surface area (Å²) >= 11 is 0. The van der Waals surface area contributed by atoms with Gasteiger partial charge in [0.1, 0.15) is 42.7 Å². The molecule has 0 spiro atoms. The second-order valence-corrected chi connectivity index (χ2v) is 6.29. The van der Waals surface area contributed by atoms with Gasteiger partial charge >= 0.3 is 0 Å². The molecule has 2 rings (SSSR count). The fourth-order valence-electron chi connectivity index (χ4n) is 2.82. The molecule has 0 radical (unpaired) electrons. The molecule has 7 N–H and O–H groups in total. The number of aliphatic hydroxyl groups is 6. The van der Waals surface area contributed by atoms with Crippen LogP contribution in [0.25, 0.3) is 0 Å². The number of hydrogen-bond acceptors (Lipinski definition) is 10. The number of hydrogen-bond donors (Lipinski definition) is 7. The first-order valence-electron chi connectivity index (χ1n) is 7.91. The summed E-state index contributed by atoms with van der Waals surface area (Å²) < 4.78 is 15.6. The van der Waals surface area contributed by atoms with E-state index in [9.17, 15) is 35.4 Å². The van der Waals surface area contributed by atoms with Crippen LogP contribution in [0.2, 0.25) is 0 Å². The molecule has 0 bridgehead atoms. The average Bonchev–Trinajstić information content (AvgIpc) is 2.55. The zero-order valence-corrected chi connectivity index (χ0v) is 13.8. The number of ether oxygens (including phenoxy) is 3. The van der Waals surface area contributed by atoms with Gasteiger partial charge in [-0.25, -0.2) is 0 Å². The number of carbonyl (C=O) groups excluding carboxylic acids is 1. The molecule has 25 heavy (non-hydrogen) atoms. The van der Waals surface area contributed by atoms with Crippen LogP contribution in [0.3, 0.4) is 0 Å². The van der Waals surface area contributed by atoms with Crippen molar-refractivity contribution >= 4 is 5.91 Å². The fraction of sp³-hybridized carbons (Fsp3) is 0.929. The van der Waals surface area contributed by atoms with Gasteiger partial charge in [-0.2, -0.15) is 0 Å². The van der Waals surface area contributed by atoms with E-state index in [1.54, 1.807) is 0 Å². The number of amides is 1. The summed E-state index contributed by atoms with van der Waals surface area (Å²) in [4.78, 5) is 11.1. The quantitative estimate of drug-likeness (QED) is 0.257. The van der Waals surface area contributed by atoms with Gasteiger partial charge in [0, 0.05) is 6.92 Å². The number of aliphatic hydroxyl groups excluding tert-OH is 6. The molecule has 11 nitrogen and oxygen atoms in total. The van der Waals surface area contributed by atoms with Crippen molar-refractivity contribution in [1.82, 2.24) is 5.32 Å². The normalized spacial score (nSPS) is 48.2. The predicted molar refractivity (Wildman–Crippen MR) is 78.8 cm³/mol. The van der Waals surface area contributed by atoms with Crippen molar-refractivity contribution in [3.8, 4) is 0 Å². The minimum absolute atomic E-state index is 0.390. The van der Waals surface area contributed by atoms with Crippen LogP contribution in [0.5, 0.6) is 0 Å². The van der Waals surface area contributed by atoms with Crippen LogP contribution in [0.4, 0.5) is 0 Å². The van der Waals surface area contributed by atoms with E-state index >= 15 is 0 Å². The molecule has 2 aliphatic rings. The Labute approximate surface area is 143 Å². The number of carbonyl (C=O) groups is 1. The average molecular weight is 367 g/mol. The highest BCUT2D eigenvalue weighted by Crippen LogP contribution is 2.24. The Balaban J connectivity index is 1.94. The molecule has 0 aromatic heterocycles. The highest BCUT2D eigenvalue weighted by atomic mass is 16.7. The van der Waals surface area contributed by atoms with E-state index in [0.717, 1.165) is 0 Å². The summed E-state index contributed by atoms with van der Waals surface area (Å²) in [6.45, 7) is 2.27. The molecule has 0 aromatic carbocycles. The first-order chi connectivity index (χ1) is 11.6. The van der Waals surface area contributed by atoms with Gasteiger partial charge in [-0.15, -0.1) is 0 Å². The molecule has 2 heterocycles. The molecule has 2 aliphatic heterocycles. The summed E-state index contributed by atoms with van der Waals surface area (Å²) in [6.07, 6.45) is -12.2. The molecular formula is C14H25NO10. The Hall–Kier alpha value is -0.890. The van der Waals surface area contributed by atoms with Crippen molar-refractivity contribution in [2.45, 2.75) is 75.2 Å². The third-order valence-corrected chi connectivity index (χ3v) is 4.32. The van der Waals surface area contributed by atoms with Crippen molar-refractivity contribution < 1.29 is 49.6 Å². The first-order valence-corrected chi connectivity index (χ1v) is 7.91. The zero-order valence-electron chi connectivity index (χ0n) is 13.8. The molecule has 0 unspecified atom stereocenters. The Bertz CT molecular complexity index is 465. The lowest BCUT2D eigenvalue weighted by molar-refractivity contribution is -0.313. The lowest BCUT2D eigenvalue weighted by atomic mass is 9.97. The molecule has 10 atom stereocenters. The summed E-state index contributed by atoms with van der Waals surface area (Å²) in [5, 5.41) is 61.4. The molecule has 0 aromatic rings. The van der Waals surface area contributed by atoms with Gasteiger partial charge in [0.05, 0.1) is 12.7 Å². The van der Waals surface area contributed by atoms with E-state index in [4.69, 9.17) is 14.2 Å². The van der Waals surface area contributed by atoms with Crippen LogP contribution in [-0.4, -0.2) is 105 Å². The van der Waals surface area contributed by atoms with Gasteiger partial charge in [0.25, 0.3) is 0 Å². The van der Waals surface area contributed by atoms with E-state index in [1.807, 2.05) is 0 Å². The Morgan fingerprint density at radius 2 is 1.60 bits per heavy atom. The van der Waals surface area contributed by atoms with Gasteiger partial charge in [-0.3, -0.25) is 4.79 Å². The number of rotatable bonds is 4. The van der Waals surface area contributed by atoms with Crippen LogP contribution < -0.4 is 5.32 Å². The molecular weight excluding hydrogens is 342 g/mol. The third-order valence-electron chi connectivity index (χ3n) is 4.32. The van der Waals surface area contributed by atoms with E-state index in [0.29, 0.717) is 0 Å². The second kappa shape index (κ2) is 8.20. The summed E-state index contributed by atoms with van der Waals surface area (Å²) in [5.41, 5.74) is 0. The summed E-state index contributed by atoms with van der Waals surface area (Å²) in [5.74, 6) is -0.520. The molecule has 0 aliphatic carbocycles. The first kappa shape index (κ1) is 20.4. The molecule has 11 heteroatoms. The summed E-state index contributed by atoms with van der Waals surface area (Å²) in [6, 6.07) is -1.21. The van der Waals surface area contributed by atoms with Crippen molar-refractivity contribution in [2.75, 3.05) is 6.61 Å². The Morgan fingerprint density at radius 3 is 2.20 bits per heavy atom. The van der Waals surface area contributed by atoms with Crippen LogP contribution in [-0.2, 0) is 19.0 Å². The van der Waals surface area contributed by atoms with Gasteiger partial charge < -0.3 is 50.2 Å². The SMILES string of the molecule is CC(=O)N[C@@H]1[C@@H](O)[C@H](O)[C@@H](CO[C@@H]2O[C@@H](C)[C@H](O)[C@@H](O)[C@H]2O)O[C@H]1O. The fourth-order valence-corrected chi connectivity index (χ4v) is 2.82. The second-order valence-electron chi connectivity index (χ2n) is 6.29. The largest absolute Gasteiger partial charge is 0.388 e. The van der Waals surface area contributed by atoms with Crippen molar-refractivity contribution in [1.29, 1.82) is 0 Å². The molecule has 0 saturated carbocycles. The lowest BCUT2D eigenvalue weighted by Crippen LogP contribution is -2.64. The third kappa shape index (κ3) is 4.45. The van der Waals surface area contributed by atoms with Crippen molar-refractivity contribution in [3.05, 3.63) is 0 Å². The van der Waals surface area contributed by atoms with Crippen LogP contribution >= 0.6 is 0 Å². The Kier molecular flexibility index (Phi) is 6.70. The van der Waals surface area contributed by atoms with Gasteiger partial charge in [0.2, 0.25) is 5.91 Å². The van der Waals surface area contributed by atoms with E-state index in [-0.39, 0.29) is 6.61 Å². The van der Waals surface area contributed by atoms with Crippen LogP contribution in [0, 0.1) is 0 Å². The highest BCUT2D eigenvalue weighted by molar-refractivity contribution is 5.73. The highest BCUT2D eigenvalue weighted by Gasteiger charge is 2.46. The van der Waals surface area contributed by atoms with E-state index in [2.05, 4.69) is 5.32 Å². The molecule has 2 saturated heterocycles. The smallest absolute Gasteiger partial charge is 0.217 e. The minimum Gasteiger partial charge on any atom is -0.388 e. The zero-order chi connectivity index (χ0) is 18.9. The predicted octanol–water partition coefficient (Wildman–Crippen LogP) is -4.23. The summed E-state index contributed by atoms with van der Waals surface area (Å²) in [7, 11) is 0. The Morgan fingerprint density at radius 1 is 0.960 bits per heavy atom. The van der Waals surface area contributed by atoms with E-state index < -0.39 is 67.3 Å². The van der Waals surface area contributed by atoms with Gasteiger partial charge in [-0.05, 0) is 6.92 Å². The van der Waals surface area contributed by atoms with Crippen molar-refractivity contribution in [2.24, 2.45) is 0 Å². The number of nitrogens with one attached hydrogen (secondary N) is 1. The maximum Gasteiger partial charge on any atom is 0.217 e. The van der Waals surface area contributed by atoms with Crippen LogP contribution in [0.15, 0.2) is 0 Å². The standard InChI is InChI=1S/C14H25NO10/c1-4-8(17)11(20)12(21)14(24-4)23-3-6-9(18)10(19)7(13(22)25-6)15-5(2)16/h4,6-14,17-22H,3H2,1-2H3,(H,15,16)/t4-,6+,7+,8-,9+,10+,11+,12+,13+,14+/m0/s1. The van der Waals surface area contributed by atoms with Crippen molar-refractivity contribution in [3.63, 3.8) is 0 Å². The molecule has 1 amide bonds. The molecule has 2 fully saturated rings. The topological polar surface area (TPSA) is 178 Å². The lowest BCUT2D eigenvalue weighted by Gasteiger charge is -2.42. The maximum atomic E-state index is 11.1. The van der Waals surface area contributed by atoms with Gasteiger partial charge in [-0.1, -0.05) is 0 Å². The minimum atomic E-state index is -1.58. The molecule has 146 valence electrons. The van der Waals surface area contributed by atoms with E-state index in [1.165, 1.54) is 13.8 Å². The monoisotopic (exact) mass is 367 g/mol. The maximum absolute atomic E-state index is 11.1. The van der Waals surface area contributed by atoms with Crippen LogP contribution in [0.1, 0.15) is 13.8 Å². The van der Waals surface area contributed by atoms with Gasteiger partial charge in [0.15, 0.2) is 12.6 Å².